The fraction of sp³-hybridized carbons (Fsp3) is 0.409. The molecule has 0 N–H and O–H groups in total. The largest absolute Gasteiger partial charge is 0.483 e. The zero-order valence-electron chi connectivity index (χ0n) is 16.3. The lowest BCUT2D eigenvalue weighted by molar-refractivity contribution is 0.0368. The molecule has 0 spiro atoms. The van der Waals surface area contributed by atoms with Crippen molar-refractivity contribution in [1.82, 2.24) is 19.8 Å². The first kappa shape index (κ1) is 18.1. The van der Waals surface area contributed by atoms with Crippen molar-refractivity contribution in [1.29, 1.82) is 0 Å². The minimum Gasteiger partial charge on any atom is -0.483 e. The van der Waals surface area contributed by atoms with E-state index in [1.807, 2.05) is 29.2 Å². The molecule has 4 heterocycles. The Kier molecular flexibility index (Phi) is 4.89. The van der Waals surface area contributed by atoms with Crippen LogP contribution in [0.1, 0.15) is 35.6 Å². The molecule has 5 rings (SSSR count). The number of benzene rings is 1. The molecule has 0 saturated carbocycles. The first-order valence-corrected chi connectivity index (χ1v) is 10.2. The predicted molar refractivity (Wildman–Crippen MR) is 108 cm³/mol. The van der Waals surface area contributed by atoms with Crippen LogP contribution in [0, 0.1) is 0 Å². The predicted octanol–water partition coefficient (Wildman–Crippen LogP) is 3.11. The zero-order chi connectivity index (χ0) is 19.6. The van der Waals surface area contributed by atoms with Crippen molar-refractivity contribution in [3.8, 4) is 5.75 Å². The van der Waals surface area contributed by atoms with Crippen molar-refractivity contribution >= 4 is 16.7 Å². The van der Waals surface area contributed by atoms with Crippen LogP contribution in [0.15, 0.2) is 47.3 Å². The van der Waals surface area contributed by atoms with Crippen LogP contribution in [0.2, 0.25) is 0 Å². The zero-order valence-corrected chi connectivity index (χ0v) is 16.3. The van der Waals surface area contributed by atoms with Gasteiger partial charge in [0.15, 0.2) is 12.3 Å². The SMILES string of the molecule is O=C(c1coc(COc2cccc3cnccc23)n1)N1CCN2CCCCC2C1. The maximum atomic E-state index is 12.9. The highest BCUT2D eigenvalue weighted by Gasteiger charge is 2.32. The standard InChI is InChI=1S/C22H24N4O3/c27-22(26-11-10-25-9-2-1-5-17(25)13-26)19-14-29-21(24-19)15-28-20-6-3-4-16-12-23-8-7-18(16)20/h3-4,6-8,12,14,17H,1-2,5,9-11,13,15H2. The summed E-state index contributed by atoms with van der Waals surface area (Å²) in [6, 6.07) is 8.22. The molecule has 1 unspecified atom stereocenters. The Bertz CT molecular complexity index is 1010. The van der Waals surface area contributed by atoms with Gasteiger partial charge < -0.3 is 14.1 Å². The smallest absolute Gasteiger partial charge is 0.275 e. The number of pyridine rings is 1. The number of piperazine rings is 1. The van der Waals surface area contributed by atoms with Crippen molar-refractivity contribution in [2.24, 2.45) is 0 Å². The summed E-state index contributed by atoms with van der Waals surface area (Å²) in [5.41, 5.74) is 0.356. The highest BCUT2D eigenvalue weighted by atomic mass is 16.5. The number of rotatable bonds is 4. The minimum absolute atomic E-state index is 0.0542. The van der Waals surface area contributed by atoms with Gasteiger partial charge in [0.1, 0.15) is 12.0 Å². The van der Waals surface area contributed by atoms with E-state index in [4.69, 9.17) is 9.15 Å². The summed E-state index contributed by atoms with van der Waals surface area (Å²) in [6.45, 7) is 3.80. The molecule has 1 amide bonds. The van der Waals surface area contributed by atoms with Crippen LogP contribution in [-0.2, 0) is 6.61 Å². The lowest BCUT2D eigenvalue weighted by Crippen LogP contribution is -2.56. The van der Waals surface area contributed by atoms with Gasteiger partial charge in [0.25, 0.3) is 5.91 Å². The number of carbonyl (C=O) groups is 1. The lowest BCUT2D eigenvalue weighted by Gasteiger charge is -2.43. The lowest BCUT2D eigenvalue weighted by atomic mass is 9.99. The second kappa shape index (κ2) is 7.83. The summed E-state index contributed by atoms with van der Waals surface area (Å²) < 4.78 is 11.4. The topological polar surface area (TPSA) is 71.7 Å². The van der Waals surface area contributed by atoms with Crippen LogP contribution in [0.25, 0.3) is 10.8 Å². The van der Waals surface area contributed by atoms with Gasteiger partial charge in [0.2, 0.25) is 5.89 Å². The first-order valence-electron chi connectivity index (χ1n) is 10.2. The number of ether oxygens (including phenoxy) is 1. The molecule has 0 bridgehead atoms. The number of amides is 1. The van der Waals surface area contributed by atoms with Crippen molar-refractivity contribution in [3.63, 3.8) is 0 Å². The number of aromatic nitrogens is 2. The van der Waals surface area contributed by atoms with Crippen LogP contribution in [-0.4, -0.2) is 57.9 Å². The normalized spacial score (nSPS) is 19.9. The third kappa shape index (κ3) is 3.70. The molecule has 29 heavy (non-hydrogen) atoms. The summed E-state index contributed by atoms with van der Waals surface area (Å²) in [6.07, 6.45) is 8.67. The molecule has 1 atom stereocenters. The number of oxazole rings is 1. The van der Waals surface area contributed by atoms with Crippen LogP contribution in [0.4, 0.5) is 0 Å². The van der Waals surface area contributed by atoms with E-state index in [2.05, 4.69) is 14.9 Å². The quantitative estimate of drug-likeness (QED) is 0.679. The van der Waals surface area contributed by atoms with Crippen molar-refractivity contribution < 1.29 is 13.9 Å². The second-order valence-corrected chi connectivity index (χ2v) is 7.70. The monoisotopic (exact) mass is 392 g/mol. The van der Waals surface area contributed by atoms with Crippen molar-refractivity contribution in [2.75, 3.05) is 26.2 Å². The van der Waals surface area contributed by atoms with Gasteiger partial charge in [0, 0.05) is 48.8 Å². The summed E-state index contributed by atoms with van der Waals surface area (Å²) in [7, 11) is 0. The van der Waals surface area contributed by atoms with E-state index in [0.717, 1.165) is 42.7 Å². The molecule has 2 aliphatic rings. The van der Waals surface area contributed by atoms with Crippen LogP contribution >= 0.6 is 0 Å². The highest BCUT2D eigenvalue weighted by molar-refractivity contribution is 5.92. The highest BCUT2D eigenvalue weighted by Crippen LogP contribution is 2.25. The molecule has 2 saturated heterocycles. The number of fused-ring (bicyclic) bond motifs is 2. The fourth-order valence-corrected chi connectivity index (χ4v) is 4.34. The fourth-order valence-electron chi connectivity index (χ4n) is 4.34. The maximum Gasteiger partial charge on any atom is 0.275 e. The number of hydrogen-bond donors (Lipinski definition) is 0. The van der Waals surface area contributed by atoms with Gasteiger partial charge in [-0.15, -0.1) is 0 Å². The molecule has 0 aliphatic carbocycles. The third-order valence-corrected chi connectivity index (χ3v) is 5.89. The molecular weight excluding hydrogens is 368 g/mol. The first-order chi connectivity index (χ1) is 14.3. The number of hydrogen-bond acceptors (Lipinski definition) is 6. The molecule has 150 valence electrons. The molecule has 2 fully saturated rings. The Labute approximate surface area is 169 Å². The number of nitrogens with zero attached hydrogens (tertiary/aromatic N) is 4. The van der Waals surface area contributed by atoms with E-state index < -0.39 is 0 Å². The molecule has 2 aliphatic heterocycles. The van der Waals surface area contributed by atoms with Gasteiger partial charge in [-0.1, -0.05) is 18.6 Å². The molecule has 3 aromatic rings. The molecular formula is C22H24N4O3. The van der Waals surface area contributed by atoms with Gasteiger partial charge in [-0.05, 0) is 31.5 Å². The number of piperidine rings is 1. The van der Waals surface area contributed by atoms with Crippen molar-refractivity contribution in [2.45, 2.75) is 31.9 Å². The maximum absolute atomic E-state index is 12.9. The molecule has 7 nitrogen and oxygen atoms in total. The summed E-state index contributed by atoms with van der Waals surface area (Å²) in [5, 5.41) is 1.99. The minimum atomic E-state index is -0.0542. The van der Waals surface area contributed by atoms with Crippen molar-refractivity contribution in [3.05, 3.63) is 54.5 Å². The Morgan fingerprint density at radius 2 is 2.17 bits per heavy atom. The van der Waals surface area contributed by atoms with Gasteiger partial charge in [-0.3, -0.25) is 14.7 Å². The Morgan fingerprint density at radius 3 is 3.14 bits per heavy atom. The van der Waals surface area contributed by atoms with Crippen LogP contribution < -0.4 is 4.74 Å². The van der Waals surface area contributed by atoms with E-state index in [0.29, 0.717) is 17.6 Å². The summed E-state index contributed by atoms with van der Waals surface area (Å²) in [5.74, 6) is 1.08. The Hall–Kier alpha value is -2.93. The third-order valence-electron chi connectivity index (χ3n) is 5.89. The molecule has 2 aromatic heterocycles. The van der Waals surface area contributed by atoms with E-state index in [1.165, 1.54) is 25.5 Å². The number of carbonyl (C=O) groups excluding carboxylic acids is 1. The second-order valence-electron chi connectivity index (χ2n) is 7.70. The molecule has 1 aromatic carbocycles. The van der Waals surface area contributed by atoms with E-state index in [1.54, 1.807) is 12.4 Å². The molecule has 0 radical (unpaired) electrons. The average Bonchev–Trinajstić information content (AvgIpc) is 3.26. The average molecular weight is 392 g/mol. The van der Waals surface area contributed by atoms with Gasteiger partial charge in [-0.25, -0.2) is 4.98 Å². The Morgan fingerprint density at radius 1 is 1.21 bits per heavy atom. The summed E-state index contributed by atoms with van der Waals surface area (Å²) >= 11 is 0. The van der Waals surface area contributed by atoms with E-state index in [-0.39, 0.29) is 12.5 Å². The molecule has 7 heteroatoms. The van der Waals surface area contributed by atoms with E-state index in [9.17, 15) is 4.79 Å². The van der Waals surface area contributed by atoms with Crippen LogP contribution in [0.3, 0.4) is 0 Å². The van der Waals surface area contributed by atoms with Gasteiger partial charge >= 0.3 is 0 Å². The summed E-state index contributed by atoms with van der Waals surface area (Å²) in [4.78, 5) is 25.8. The van der Waals surface area contributed by atoms with Gasteiger partial charge in [-0.2, -0.15) is 0 Å². The Balaban J connectivity index is 1.24. The van der Waals surface area contributed by atoms with Gasteiger partial charge in [0.05, 0.1) is 0 Å². The van der Waals surface area contributed by atoms with Crippen LogP contribution in [0.5, 0.6) is 5.75 Å². The van der Waals surface area contributed by atoms with E-state index >= 15 is 0 Å².